The van der Waals surface area contributed by atoms with Crippen molar-refractivity contribution in [3.8, 4) is 0 Å². The van der Waals surface area contributed by atoms with E-state index in [-0.39, 0.29) is 11.8 Å². The normalized spacial score (nSPS) is 15.3. The lowest BCUT2D eigenvalue weighted by atomic mass is 10.0. The molecule has 2 amide bonds. The molecule has 0 saturated carbocycles. The molecule has 1 saturated heterocycles. The molecule has 0 radical (unpaired) electrons. The summed E-state index contributed by atoms with van der Waals surface area (Å²) in [6.07, 6.45) is 4.15. The van der Waals surface area contributed by atoms with Crippen molar-refractivity contribution in [2.75, 3.05) is 31.1 Å². The number of hydrogen-bond donors (Lipinski definition) is 2. The van der Waals surface area contributed by atoms with Gasteiger partial charge < -0.3 is 20.1 Å². The topological polar surface area (TPSA) is 94.2 Å². The second kappa shape index (κ2) is 8.58. The van der Waals surface area contributed by atoms with E-state index in [0.29, 0.717) is 32.6 Å². The quantitative estimate of drug-likeness (QED) is 0.489. The number of nitrogens with one attached hydrogen (secondary N) is 2. The van der Waals surface area contributed by atoms with Crippen molar-refractivity contribution in [1.29, 1.82) is 0 Å². The zero-order valence-electron chi connectivity index (χ0n) is 17.7. The standard InChI is InChI=1S/C23H24N6O2S/c1-15(30)26-20(13-16-14-25-18-6-3-2-5-17(16)18)22(31)28-9-11-29(12-10-28)23-27-19-7-4-8-24-21(19)32-23/h2-8,14,20,25H,9-13H2,1H3,(H,26,30). The third-order valence-corrected chi connectivity index (χ3v) is 6.83. The maximum absolute atomic E-state index is 13.3. The summed E-state index contributed by atoms with van der Waals surface area (Å²) < 4.78 is 0. The molecule has 1 unspecified atom stereocenters. The van der Waals surface area contributed by atoms with Crippen LogP contribution in [0.2, 0.25) is 0 Å². The van der Waals surface area contributed by atoms with Crippen LogP contribution in [0.25, 0.3) is 21.3 Å². The monoisotopic (exact) mass is 448 g/mol. The predicted molar refractivity (Wildman–Crippen MR) is 126 cm³/mol. The Balaban J connectivity index is 1.28. The van der Waals surface area contributed by atoms with Crippen molar-refractivity contribution in [3.63, 3.8) is 0 Å². The Kier molecular flexibility index (Phi) is 5.48. The Morgan fingerprint density at radius 3 is 2.75 bits per heavy atom. The number of hydrogen-bond acceptors (Lipinski definition) is 6. The number of carbonyl (C=O) groups is 2. The molecule has 8 nitrogen and oxygen atoms in total. The first-order valence-corrected chi connectivity index (χ1v) is 11.5. The number of thiazole rings is 1. The number of rotatable bonds is 5. The number of anilines is 1. The maximum atomic E-state index is 13.3. The first kappa shape index (κ1) is 20.4. The van der Waals surface area contributed by atoms with E-state index in [4.69, 9.17) is 0 Å². The Morgan fingerprint density at radius 2 is 1.97 bits per heavy atom. The molecule has 9 heteroatoms. The van der Waals surface area contributed by atoms with Gasteiger partial charge in [-0.05, 0) is 23.8 Å². The molecule has 1 aliphatic heterocycles. The Morgan fingerprint density at radius 1 is 1.16 bits per heavy atom. The number of amides is 2. The third-order valence-electron chi connectivity index (χ3n) is 5.79. The van der Waals surface area contributed by atoms with E-state index in [2.05, 4.69) is 25.2 Å². The molecule has 0 aliphatic carbocycles. The second-order valence-corrected chi connectivity index (χ2v) is 8.91. The second-order valence-electron chi connectivity index (χ2n) is 7.95. The largest absolute Gasteiger partial charge is 0.361 e. The summed E-state index contributed by atoms with van der Waals surface area (Å²) in [4.78, 5) is 42.4. The van der Waals surface area contributed by atoms with Crippen LogP contribution in [0.4, 0.5) is 5.13 Å². The molecule has 3 aromatic heterocycles. The maximum Gasteiger partial charge on any atom is 0.245 e. The van der Waals surface area contributed by atoms with E-state index in [0.717, 1.165) is 31.9 Å². The van der Waals surface area contributed by atoms with Gasteiger partial charge in [0.25, 0.3) is 0 Å². The van der Waals surface area contributed by atoms with Crippen molar-refractivity contribution < 1.29 is 9.59 Å². The minimum atomic E-state index is -0.593. The first-order valence-electron chi connectivity index (χ1n) is 10.7. The minimum absolute atomic E-state index is 0.0453. The number of carbonyl (C=O) groups excluding carboxylic acids is 2. The van der Waals surface area contributed by atoms with Gasteiger partial charge in [-0.3, -0.25) is 9.59 Å². The van der Waals surface area contributed by atoms with Crippen molar-refractivity contribution in [3.05, 3.63) is 54.4 Å². The highest BCUT2D eigenvalue weighted by molar-refractivity contribution is 7.21. The number of nitrogens with zero attached hydrogens (tertiary/aromatic N) is 4. The van der Waals surface area contributed by atoms with Gasteiger partial charge in [0.2, 0.25) is 11.8 Å². The zero-order valence-corrected chi connectivity index (χ0v) is 18.6. The molecule has 5 rings (SSSR count). The molecule has 4 aromatic rings. The van der Waals surface area contributed by atoms with E-state index in [1.54, 1.807) is 17.5 Å². The van der Waals surface area contributed by atoms with Gasteiger partial charge in [0.15, 0.2) is 5.13 Å². The number of H-pyrrole nitrogens is 1. The van der Waals surface area contributed by atoms with Crippen LogP contribution in [0.1, 0.15) is 12.5 Å². The van der Waals surface area contributed by atoms with Gasteiger partial charge in [0.1, 0.15) is 16.4 Å². The van der Waals surface area contributed by atoms with Gasteiger partial charge >= 0.3 is 0 Å². The van der Waals surface area contributed by atoms with Gasteiger partial charge in [-0.25, -0.2) is 9.97 Å². The van der Waals surface area contributed by atoms with Crippen LogP contribution < -0.4 is 10.2 Å². The molecule has 1 fully saturated rings. The van der Waals surface area contributed by atoms with E-state index < -0.39 is 6.04 Å². The van der Waals surface area contributed by atoms with Gasteiger partial charge in [-0.2, -0.15) is 0 Å². The lowest BCUT2D eigenvalue weighted by Crippen LogP contribution is -2.55. The average molecular weight is 449 g/mol. The predicted octanol–water partition coefficient (Wildman–Crippen LogP) is 2.57. The number of piperazine rings is 1. The van der Waals surface area contributed by atoms with Gasteiger partial charge in [0.05, 0.1) is 0 Å². The van der Waals surface area contributed by atoms with Gasteiger partial charge in [-0.1, -0.05) is 29.5 Å². The van der Waals surface area contributed by atoms with Crippen LogP contribution >= 0.6 is 11.3 Å². The smallest absolute Gasteiger partial charge is 0.245 e. The van der Waals surface area contributed by atoms with Crippen LogP contribution in [0.5, 0.6) is 0 Å². The molecule has 32 heavy (non-hydrogen) atoms. The van der Waals surface area contributed by atoms with Gasteiger partial charge in [-0.15, -0.1) is 0 Å². The summed E-state index contributed by atoms with van der Waals surface area (Å²) in [5.41, 5.74) is 2.94. The van der Waals surface area contributed by atoms with Crippen LogP contribution in [0.15, 0.2) is 48.8 Å². The summed E-state index contributed by atoms with van der Waals surface area (Å²) in [7, 11) is 0. The van der Waals surface area contributed by atoms with Crippen LogP contribution in [0.3, 0.4) is 0 Å². The molecule has 1 aromatic carbocycles. The number of aromatic nitrogens is 3. The third kappa shape index (κ3) is 4.03. The number of fused-ring (bicyclic) bond motifs is 2. The van der Waals surface area contributed by atoms with Crippen LogP contribution in [0, 0.1) is 0 Å². The molecule has 164 valence electrons. The summed E-state index contributed by atoms with van der Waals surface area (Å²) in [5.74, 6) is -0.250. The molecule has 1 aliphatic rings. The van der Waals surface area contributed by atoms with E-state index >= 15 is 0 Å². The molecule has 0 bridgehead atoms. The van der Waals surface area contributed by atoms with Crippen molar-refractivity contribution in [2.45, 2.75) is 19.4 Å². The highest BCUT2D eigenvalue weighted by Crippen LogP contribution is 2.28. The zero-order chi connectivity index (χ0) is 22.1. The highest BCUT2D eigenvalue weighted by Gasteiger charge is 2.29. The first-order chi connectivity index (χ1) is 15.6. The fourth-order valence-electron chi connectivity index (χ4n) is 4.20. The number of aromatic amines is 1. The molecule has 0 spiro atoms. The lowest BCUT2D eigenvalue weighted by Gasteiger charge is -2.36. The SMILES string of the molecule is CC(=O)NC(Cc1c[nH]c2ccccc12)C(=O)N1CCN(c2nc3cccnc3s2)CC1. The van der Waals surface area contributed by atoms with Crippen LogP contribution in [-0.2, 0) is 16.0 Å². The summed E-state index contributed by atoms with van der Waals surface area (Å²) >= 11 is 1.57. The number of pyridine rings is 1. The van der Waals surface area contributed by atoms with Gasteiger partial charge in [0, 0.05) is 62.8 Å². The summed E-state index contributed by atoms with van der Waals surface area (Å²) in [5, 5.41) is 4.87. The lowest BCUT2D eigenvalue weighted by molar-refractivity contribution is -0.136. The fraction of sp³-hybridized carbons (Fsp3) is 0.304. The highest BCUT2D eigenvalue weighted by atomic mass is 32.1. The average Bonchev–Trinajstić information content (AvgIpc) is 3.42. The van der Waals surface area contributed by atoms with Crippen molar-refractivity contribution in [2.24, 2.45) is 0 Å². The number of benzene rings is 1. The Labute approximate surface area is 189 Å². The summed E-state index contributed by atoms with van der Waals surface area (Å²) in [6.45, 7) is 4.03. The summed E-state index contributed by atoms with van der Waals surface area (Å²) in [6, 6.07) is 11.2. The van der Waals surface area contributed by atoms with Crippen molar-refractivity contribution >= 4 is 49.5 Å². The molecular weight excluding hydrogens is 424 g/mol. The van der Waals surface area contributed by atoms with E-state index in [1.807, 2.05) is 47.5 Å². The van der Waals surface area contributed by atoms with Crippen molar-refractivity contribution in [1.82, 2.24) is 25.2 Å². The Bertz CT molecular complexity index is 1240. The Hall–Kier alpha value is -3.46. The molecule has 4 heterocycles. The number of para-hydroxylation sites is 1. The van der Waals surface area contributed by atoms with E-state index in [1.165, 1.54) is 6.92 Å². The molecule has 1 atom stereocenters. The minimum Gasteiger partial charge on any atom is -0.361 e. The van der Waals surface area contributed by atoms with Crippen LogP contribution in [-0.4, -0.2) is 63.9 Å². The fourth-order valence-corrected chi connectivity index (χ4v) is 5.16. The van der Waals surface area contributed by atoms with E-state index in [9.17, 15) is 9.59 Å². The molecule has 2 N–H and O–H groups in total. The molecular formula is C23H24N6O2S.